The zero-order chi connectivity index (χ0) is 8.97. The smallest absolute Gasteiger partial charge is 0.226 e. The largest absolute Gasteiger partial charge is 0.492 e. The molecule has 0 saturated carbocycles. The van der Waals surface area contributed by atoms with Crippen molar-refractivity contribution in [2.24, 2.45) is 0 Å². The zero-order valence-corrected chi connectivity index (χ0v) is 8.27. The molecular formula is C8H14N2OS. The van der Waals surface area contributed by atoms with E-state index >= 15 is 0 Å². The Hall–Kier alpha value is -0.610. The molecular weight excluding hydrogens is 172 g/mol. The minimum absolute atomic E-state index is 0.187. The molecule has 0 saturated heterocycles. The molecule has 0 bridgehead atoms. The quantitative estimate of drug-likeness (QED) is 0.777. The van der Waals surface area contributed by atoms with Crippen molar-refractivity contribution in [3.63, 3.8) is 0 Å². The summed E-state index contributed by atoms with van der Waals surface area (Å²) < 4.78 is 0. The van der Waals surface area contributed by atoms with E-state index in [-0.39, 0.29) is 5.88 Å². The fourth-order valence-electron chi connectivity index (χ4n) is 1.02. The first kappa shape index (κ1) is 9.48. The lowest BCUT2D eigenvalue weighted by Crippen LogP contribution is -2.21. The number of aromatic hydroxyl groups is 1. The zero-order valence-electron chi connectivity index (χ0n) is 7.45. The fraction of sp³-hybridized carbons (Fsp3) is 0.625. The number of thiazole rings is 1. The summed E-state index contributed by atoms with van der Waals surface area (Å²) in [6.07, 6.45) is 0. The van der Waals surface area contributed by atoms with Crippen LogP contribution in [0, 0.1) is 0 Å². The molecule has 0 unspecified atom stereocenters. The molecule has 0 fully saturated rings. The molecule has 1 aromatic rings. The molecule has 0 spiro atoms. The lowest BCUT2D eigenvalue weighted by molar-refractivity contribution is 0.293. The molecule has 3 nitrogen and oxygen atoms in total. The molecule has 0 aromatic carbocycles. The van der Waals surface area contributed by atoms with Crippen LogP contribution in [0.3, 0.4) is 0 Å². The van der Waals surface area contributed by atoms with Crippen LogP contribution in [0.15, 0.2) is 5.51 Å². The molecule has 0 aliphatic heterocycles. The summed E-state index contributed by atoms with van der Waals surface area (Å²) in [5.74, 6) is 0.187. The molecule has 1 heterocycles. The molecule has 0 aliphatic rings. The second-order valence-corrected chi connectivity index (χ2v) is 3.50. The van der Waals surface area contributed by atoms with Gasteiger partial charge in [0.15, 0.2) is 0 Å². The SMILES string of the molecule is CCN(CC)Cc1scnc1O. The van der Waals surface area contributed by atoms with Gasteiger partial charge >= 0.3 is 0 Å². The van der Waals surface area contributed by atoms with E-state index in [2.05, 4.69) is 23.7 Å². The molecule has 1 N–H and O–H groups in total. The van der Waals surface area contributed by atoms with Gasteiger partial charge in [-0.3, -0.25) is 4.90 Å². The van der Waals surface area contributed by atoms with E-state index in [0.29, 0.717) is 0 Å². The maximum Gasteiger partial charge on any atom is 0.226 e. The molecule has 0 aliphatic carbocycles. The van der Waals surface area contributed by atoms with E-state index in [1.807, 2.05) is 0 Å². The van der Waals surface area contributed by atoms with E-state index < -0.39 is 0 Å². The van der Waals surface area contributed by atoms with Crippen LogP contribution < -0.4 is 0 Å². The van der Waals surface area contributed by atoms with E-state index in [1.54, 1.807) is 5.51 Å². The second-order valence-electron chi connectivity index (χ2n) is 2.56. The summed E-state index contributed by atoms with van der Waals surface area (Å²) >= 11 is 1.51. The third-order valence-electron chi connectivity index (χ3n) is 1.88. The van der Waals surface area contributed by atoms with Gasteiger partial charge in [0, 0.05) is 6.54 Å². The van der Waals surface area contributed by atoms with E-state index in [0.717, 1.165) is 24.5 Å². The Kier molecular flexibility index (Phi) is 3.49. The maximum atomic E-state index is 9.26. The van der Waals surface area contributed by atoms with Crippen molar-refractivity contribution in [2.75, 3.05) is 13.1 Å². The molecule has 12 heavy (non-hydrogen) atoms. The van der Waals surface area contributed by atoms with Gasteiger partial charge in [0.25, 0.3) is 0 Å². The molecule has 1 rings (SSSR count). The Labute approximate surface area is 76.7 Å². The maximum absolute atomic E-state index is 9.26. The summed E-state index contributed by atoms with van der Waals surface area (Å²) in [7, 11) is 0. The van der Waals surface area contributed by atoms with E-state index in [4.69, 9.17) is 0 Å². The number of hydrogen-bond donors (Lipinski definition) is 1. The van der Waals surface area contributed by atoms with Gasteiger partial charge in [-0.2, -0.15) is 0 Å². The molecule has 1 aromatic heterocycles. The Morgan fingerprint density at radius 2 is 2.17 bits per heavy atom. The number of hydrogen-bond acceptors (Lipinski definition) is 4. The van der Waals surface area contributed by atoms with Gasteiger partial charge in [0.05, 0.1) is 10.4 Å². The van der Waals surface area contributed by atoms with Crippen LogP contribution >= 0.6 is 11.3 Å². The Morgan fingerprint density at radius 1 is 1.50 bits per heavy atom. The van der Waals surface area contributed by atoms with Crippen LogP contribution in [0.2, 0.25) is 0 Å². The van der Waals surface area contributed by atoms with Crippen molar-refractivity contribution in [3.05, 3.63) is 10.4 Å². The highest BCUT2D eigenvalue weighted by Crippen LogP contribution is 2.20. The minimum Gasteiger partial charge on any atom is -0.492 e. The van der Waals surface area contributed by atoms with E-state index in [1.165, 1.54) is 11.3 Å². The first-order chi connectivity index (χ1) is 5.77. The lowest BCUT2D eigenvalue weighted by Gasteiger charge is -2.16. The number of nitrogens with zero attached hydrogens (tertiary/aromatic N) is 2. The van der Waals surface area contributed by atoms with Crippen LogP contribution in [-0.2, 0) is 6.54 Å². The highest BCUT2D eigenvalue weighted by atomic mass is 32.1. The summed E-state index contributed by atoms with van der Waals surface area (Å²) in [5, 5.41) is 9.26. The average Bonchev–Trinajstić information content (AvgIpc) is 2.47. The van der Waals surface area contributed by atoms with Gasteiger partial charge in [0.2, 0.25) is 5.88 Å². The van der Waals surface area contributed by atoms with Crippen molar-refractivity contribution in [3.8, 4) is 5.88 Å². The standard InChI is InChI=1S/C8H14N2OS/c1-3-10(4-2)5-7-8(11)9-6-12-7/h6,11H,3-5H2,1-2H3. The normalized spacial score (nSPS) is 10.9. The molecule has 0 radical (unpaired) electrons. The van der Waals surface area contributed by atoms with Crippen LogP contribution in [0.5, 0.6) is 5.88 Å². The van der Waals surface area contributed by atoms with Crippen molar-refractivity contribution >= 4 is 11.3 Å². The van der Waals surface area contributed by atoms with Crippen molar-refractivity contribution in [1.29, 1.82) is 0 Å². The van der Waals surface area contributed by atoms with Crippen LogP contribution in [-0.4, -0.2) is 28.1 Å². The Balaban J connectivity index is 2.56. The van der Waals surface area contributed by atoms with Crippen LogP contribution in [0.1, 0.15) is 18.7 Å². The first-order valence-corrected chi connectivity index (χ1v) is 4.99. The van der Waals surface area contributed by atoms with Gasteiger partial charge in [-0.05, 0) is 13.1 Å². The van der Waals surface area contributed by atoms with Crippen LogP contribution in [0.4, 0.5) is 0 Å². The average molecular weight is 186 g/mol. The third-order valence-corrected chi connectivity index (χ3v) is 2.69. The van der Waals surface area contributed by atoms with Crippen molar-refractivity contribution in [2.45, 2.75) is 20.4 Å². The first-order valence-electron chi connectivity index (χ1n) is 4.11. The fourth-order valence-corrected chi connectivity index (χ4v) is 1.72. The molecule has 4 heteroatoms. The topological polar surface area (TPSA) is 36.4 Å². The van der Waals surface area contributed by atoms with Gasteiger partial charge in [-0.25, -0.2) is 4.98 Å². The lowest BCUT2D eigenvalue weighted by atomic mass is 10.4. The van der Waals surface area contributed by atoms with Gasteiger partial charge < -0.3 is 5.11 Å². The molecule has 0 amide bonds. The third kappa shape index (κ3) is 2.19. The summed E-state index contributed by atoms with van der Waals surface area (Å²) in [6.45, 7) is 7.05. The van der Waals surface area contributed by atoms with Crippen LogP contribution in [0.25, 0.3) is 0 Å². The predicted octanol–water partition coefficient (Wildman–Crippen LogP) is 1.69. The van der Waals surface area contributed by atoms with Crippen molar-refractivity contribution in [1.82, 2.24) is 9.88 Å². The highest BCUT2D eigenvalue weighted by Gasteiger charge is 2.07. The second kappa shape index (κ2) is 4.42. The van der Waals surface area contributed by atoms with Crippen molar-refractivity contribution < 1.29 is 5.11 Å². The monoisotopic (exact) mass is 186 g/mol. The Morgan fingerprint density at radius 3 is 2.58 bits per heavy atom. The summed E-state index contributed by atoms with van der Waals surface area (Å²) in [4.78, 5) is 6.99. The highest BCUT2D eigenvalue weighted by molar-refractivity contribution is 7.09. The number of aromatic nitrogens is 1. The van der Waals surface area contributed by atoms with Gasteiger partial charge in [-0.15, -0.1) is 11.3 Å². The summed E-state index contributed by atoms with van der Waals surface area (Å²) in [6, 6.07) is 0. The Bertz CT molecular complexity index is 233. The van der Waals surface area contributed by atoms with E-state index in [9.17, 15) is 5.11 Å². The van der Waals surface area contributed by atoms with Gasteiger partial charge in [0.1, 0.15) is 0 Å². The minimum atomic E-state index is 0.187. The van der Waals surface area contributed by atoms with Gasteiger partial charge in [-0.1, -0.05) is 13.8 Å². The number of rotatable bonds is 4. The predicted molar refractivity (Wildman–Crippen MR) is 50.4 cm³/mol. The molecule has 0 atom stereocenters. The summed E-state index contributed by atoms with van der Waals surface area (Å²) in [5.41, 5.74) is 1.67. The molecule has 68 valence electrons.